The fourth-order valence-corrected chi connectivity index (χ4v) is 1.40. The van der Waals surface area contributed by atoms with E-state index in [1.807, 2.05) is 0 Å². The molecule has 0 saturated carbocycles. The minimum Gasteiger partial charge on any atom is -0.236 e. The zero-order valence-corrected chi connectivity index (χ0v) is 7.41. The van der Waals surface area contributed by atoms with Crippen LogP contribution in [0.25, 0.3) is 0 Å². The molecule has 1 atom stereocenters. The minimum atomic E-state index is -3.14. The summed E-state index contributed by atoms with van der Waals surface area (Å²) in [6.07, 6.45) is 0. The molecule has 55 valence electrons. The van der Waals surface area contributed by atoms with Gasteiger partial charge in [0.1, 0.15) is 4.16 Å². The molecule has 0 spiro atoms. The number of hydrogen-bond acceptors (Lipinski definition) is 2. The number of hydrogen-bond donors (Lipinski definition) is 0. The van der Waals surface area contributed by atoms with Crippen molar-refractivity contribution in [2.45, 2.75) is 11.1 Å². The lowest BCUT2D eigenvalue weighted by Crippen LogP contribution is -2.16. The van der Waals surface area contributed by atoms with E-state index in [0.29, 0.717) is 0 Å². The van der Waals surface area contributed by atoms with Gasteiger partial charge in [0, 0.05) is 0 Å². The number of alkyl halides is 1. The summed E-state index contributed by atoms with van der Waals surface area (Å²) in [6, 6.07) is 0. The van der Waals surface area contributed by atoms with Crippen LogP contribution in [0.1, 0.15) is 6.92 Å². The fourth-order valence-electron chi connectivity index (χ4n) is 0.279. The van der Waals surface area contributed by atoms with Gasteiger partial charge in [0.25, 0.3) is 0 Å². The monoisotopic (exact) mass is 215 g/mol. The molecule has 0 aliphatic rings. The summed E-state index contributed by atoms with van der Waals surface area (Å²) >= 11 is 2.87. The van der Waals surface area contributed by atoms with Crippen molar-refractivity contribution in [1.29, 1.82) is 0 Å². The normalized spacial score (nSPS) is 15.4. The van der Waals surface area contributed by atoms with Gasteiger partial charge in [-0.25, -0.2) is 13.5 Å². The SMILES string of the molecule is CC(Br)S(=O)(=O)CC[O]. The lowest BCUT2D eigenvalue weighted by Gasteiger charge is -2.01. The van der Waals surface area contributed by atoms with Crippen LogP contribution in [-0.4, -0.2) is 24.9 Å². The van der Waals surface area contributed by atoms with Gasteiger partial charge in [-0.15, -0.1) is 0 Å². The summed E-state index contributed by atoms with van der Waals surface area (Å²) < 4.78 is 20.8. The van der Waals surface area contributed by atoms with E-state index in [-0.39, 0.29) is 5.75 Å². The predicted molar refractivity (Wildman–Crippen MR) is 37.7 cm³/mol. The van der Waals surface area contributed by atoms with Crippen LogP contribution in [0.5, 0.6) is 0 Å². The minimum absolute atomic E-state index is 0.278. The topological polar surface area (TPSA) is 54.0 Å². The molecule has 0 aliphatic carbocycles. The lowest BCUT2D eigenvalue weighted by molar-refractivity contribution is 0.213. The highest BCUT2D eigenvalue weighted by Gasteiger charge is 2.16. The van der Waals surface area contributed by atoms with Crippen LogP contribution in [0, 0.1) is 0 Å². The van der Waals surface area contributed by atoms with E-state index in [0.717, 1.165) is 0 Å². The Morgan fingerprint density at radius 3 is 2.11 bits per heavy atom. The highest BCUT2D eigenvalue weighted by molar-refractivity contribution is 9.11. The Balaban J connectivity index is 4.05. The van der Waals surface area contributed by atoms with Crippen LogP contribution in [0.4, 0.5) is 0 Å². The summed E-state index contributed by atoms with van der Waals surface area (Å²) in [5.74, 6) is -0.278. The largest absolute Gasteiger partial charge is 0.236 e. The van der Waals surface area contributed by atoms with E-state index in [4.69, 9.17) is 0 Å². The second-order valence-electron chi connectivity index (χ2n) is 1.61. The van der Waals surface area contributed by atoms with Gasteiger partial charge in [0.2, 0.25) is 0 Å². The lowest BCUT2D eigenvalue weighted by atomic mass is 10.9. The van der Waals surface area contributed by atoms with Crippen molar-refractivity contribution in [3.05, 3.63) is 0 Å². The first-order valence-corrected chi connectivity index (χ1v) is 5.07. The first-order chi connectivity index (χ1) is 4.00. The average molecular weight is 216 g/mol. The van der Waals surface area contributed by atoms with E-state index in [1.54, 1.807) is 0 Å². The van der Waals surface area contributed by atoms with Crippen LogP contribution >= 0.6 is 15.9 Å². The third kappa shape index (κ3) is 3.17. The summed E-state index contributed by atoms with van der Waals surface area (Å²) in [7, 11) is -3.14. The first kappa shape index (κ1) is 9.39. The molecule has 0 bridgehead atoms. The Kier molecular flexibility index (Phi) is 3.68. The molecule has 1 radical (unpaired) electrons. The van der Waals surface area contributed by atoms with Gasteiger partial charge in [0.05, 0.1) is 12.4 Å². The second kappa shape index (κ2) is 3.53. The van der Waals surface area contributed by atoms with Gasteiger partial charge in [0.15, 0.2) is 9.84 Å². The van der Waals surface area contributed by atoms with Crippen LogP contribution in [0.3, 0.4) is 0 Å². The number of sulfone groups is 1. The molecule has 0 aromatic carbocycles. The van der Waals surface area contributed by atoms with E-state index >= 15 is 0 Å². The van der Waals surface area contributed by atoms with Crippen molar-refractivity contribution in [3.63, 3.8) is 0 Å². The molecule has 0 rings (SSSR count). The van der Waals surface area contributed by atoms with E-state index in [2.05, 4.69) is 15.9 Å². The molecule has 0 amide bonds. The fraction of sp³-hybridized carbons (Fsp3) is 1.00. The molecule has 9 heavy (non-hydrogen) atoms. The quantitative estimate of drug-likeness (QED) is 0.647. The molecule has 0 aromatic heterocycles. The van der Waals surface area contributed by atoms with Gasteiger partial charge in [-0.3, -0.25) is 0 Å². The summed E-state index contributed by atoms with van der Waals surface area (Å²) in [5, 5.41) is 9.85. The Bertz CT molecular complexity index is 161. The standard InChI is InChI=1S/C4H8BrO3S/c1-4(5)9(7,8)3-2-6/h4H,2-3H2,1H3. The van der Waals surface area contributed by atoms with Gasteiger partial charge in [-0.2, -0.15) is 0 Å². The average Bonchev–Trinajstić information content (AvgIpc) is 1.65. The highest BCUT2D eigenvalue weighted by Crippen LogP contribution is 2.07. The van der Waals surface area contributed by atoms with Crippen molar-refractivity contribution >= 4 is 25.8 Å². The molecule has 5 heteroatoms. The molecular formula is C4H8BrO3S. The molecule has 0 aromatic rings. The van der Waals surface area contributed by atoms with Crippen LogP contribution in [0.2, 0.25) is 0 Å². The van der Waals surface area contributed by atoms with Gasteiger partial charge >= 0.3 is 0 Å². The maximum Gasteiger partial charge on any atom is 0.165 e. The molecule has 0 N–H and O–H groups in total. The maximum atomic E-state index is 10.7. The smallest absolute Gasteiger partial charge is 0.165 e. The highest BCUT2D eigenvalue weighted by atomic mass is 79.9. The zero-order valence-electron chi connectivity index (χ0n) is 5.00. The van der Waals surface area contributed by atoms with E-state index in [1.165, 1.54) is 6.92 Å². The Hall–Kier alpha value is 0.390. The van der Waals surface area contributed by atoms with Crippen molar-refractivity contribution in [3.8, 4) is 0 Å². The van der Waals surface area contributed by atoms with Crippen molar-refractivity contribution in [2.24, 2.45) is 0 Å². The Morgan fingerprint density at radius 2 is 2.00 bits per heavy atom. The zero-order chi connectivity index (χ0) is 7.49. The molecular weight excluding hydrogens is 208 g/mol. The van der Waals surface area contributed by atoms with E-state index in [9.17, 15) is 13.5 Å². The van der Waals surface area contributed by atoms with Crippen molar-refractivity contribution in [2.75, 3.05) is 12.4 Å². The second-order valence-corrected chi connectivity index (χ2v) is 6.03. The molecule has 0 fully saturated rings. The number of rotatable bonds is 3. The molecule has 0 aliphatic heterocycles. The Morgan fingerprint density at radius 1 is 1.56 bits per heavy atom. The molecule has 0 heterocycles. The van der Waals surface area contributed by atoms with Crippen LogP contribution < -0.4 is 0 Å². The number of halogens is 1. The third-order valence-corrected chi connectivity index (χ3v) is 4.30. The van der Waals surface area contributed by atoms with Gasteiger partial charge in [-0.05, 0) is 6.92 Å². The summed E-state index contributed by atoms with van der Waals surface area (Å²) in [4.78, 5) is 0. The predicted octanol–water partition coefficient (Wildman–Crippen LogP) is 0.573. The van der Waals surface area contributed by atoms with Gasteiger partial charge < -0.3 is 0 Å². The first-order valence-electron chi connectivity index (χ1n) is 2.44. The van der Waals surface area contributed by atoms with E-state index < -0.39 is 20.6 Å². The molecule has 0 saturated heterocycles. The van der Waals surface area contributed by atoms with Crippen LogP contribution in [0.15, 0.2) is 0 Å². The Labute approximate surface area is 63.1 Å². The molecule has 1 unspecified atom stereocenters. The van der Waals surface area contributed by atoms with Crippen LogP contribution in [-0.2, 0) is 14.9 Å². The summed E-state index contributed by atoms with van der Waals surface area (Å²) in [6.45, 7) is 0.934. The summed E-state index contributed by atoms with van der Waals surface area (Å²) in [5.41, 5.74) is 0. The van der Waals surface area contributed by atoms with Crippen molar-refractivity contribution in [1.82, 2.24) is 0 Å². The van der Waals surface area contributed by atoms with Crippen molar-refractivity contribution < 1.29 is 13.5 Å². The maximum absolute atomic E-state index is 10.7. The third-order valence-electron chi connectivity index (χ3n) is 0.863. The molecule has 3 nitrogen and oxygen atoms in total. The van der Waals surface area contributed by atoms with Gasteiger partial charge in [-0.1, -0.05) is 15.9 Å².